The first-order valence-electron chi connectivity index (χ1n) is 5.88. The molecule has 2 N–H and O–H groups in total. The number of nitrogens with one attached hydrogen (secondary N) is 2. The maximum Gasteiger partial charge on any atom is 0.238 e. The summed E-state index contributed by atoms with van der Waals surface area (Å²) in [5, 5.41) is 6.11. The molecule has 0 bridgehead atoms. The largest absolute Gasteiger partial charge is 0.481 e. The number of nitrogens with zero attached hydrogens (tertiary/aromatic N) is 1. The summed E-state index contributed by atoms with van der Waals surface area (Å²) < 4.78 is 5.14. The molecule has 1 aromatic heterocycles. The molecule has 0 spiro atoms. The van der Waals surface area contributed by atoms with Crippen LogP contribution in [0.3, 0.4) is 0 Å². The van der Waals surface area contributed by atoms with Crippen molar-refractivity contribution in [2.24, 2.45) is 0 Å². The molecule has 1 amide bonds. The van der Waals surface area contributed by atoms with E-state index in [4.69, 9.17) is 4.74 Å². The minimum absolute atomic E-state index is 0.0353. The number of thioether (sulfide) groups is 1. The van der Waals surface area contributed by atoms with E-state index in [2.05, 4.69) is 15.6 Å². The van der Waals surface area contributed by atoms with Crippen LogP contribution in [0, 0.1) is 0 Å². The van der Waals surface area contributed by atoms with Crippen molar-refractivity contribution in [1.29, 1.82) is 0 Å². The van der Waals surface area contributed by atoms with E-state index in [9.17, 15) is 4.79 Å². The van der Waals surface area contributed by atoms with Gasteiger partial charge in [0.05, 0.1) is 13.2 Å². The number of carbonyl (C=O) groups excluding carboxylic acids is 1. The second-order valence-electron chi connectivity index (χ2n) is 3.97. The van der Waals surface area contributed by atoms with Crippen molar-refractivity contribution < 1.29 is 9.53 Å². The molecular formula is C12H17N3O2S. The van der Waals surface area contributed by atoms with E-state index in [1.807, 2.05) is 12.1 Å². The summed E-state index contributed by atoms with van der Waals surface area (Å²) in [6.45, 7) is 1.33. The van der Waals surface area contributed by atoms with Gasteiger partial charge in [-0.05, 0) is 6.07 Å². The summed E-state index contributed by atoms with van der Waals surface area (Å²) in [4.78, 5) is 16.0. The fourth-order valence-corrected chi connectivity index (χ4v) is 2.72. The van der Waals surface area contributed by atoms with Crippen molar-refractivity contribution in [3.8, 4) is 5.88 Å². The number of hydrogen-bond donors (Lipinski definition) is 2. The highest BCUT2D eigenvalue weighted by molar-refractivity contribution is 7.99. The average Bonchev–Trinajstić information content (AvgIpc) is 2.46. The maximum atomic E-state index is 11.9. The van der Waals surface area contributed by atoms with Crippen LogP contribution >= 0.6 is 11.8 Å². The Morgan fingerprint density at radius 3 is 3.33 bits per heavy atom. The number of hydrogen-bond acceptors (Lipinski definition) is 5. The van der Waals surface area contributed by atoms with Crippen LogP contribution in [0.25, 0.3) is 0 Å². The number of amides is 1. The molecule has 0 saturated carbocycles. The van der Waals surface area contributed by atoms with Gasteiger partial charge in [-0.3, -0.25) is 4.79 Å². The summed E-state index contributed by atoms with van der Waals surface area (Å²) >= 11 is 1.80. The molecule has 2 heterocycles. The Labute approximate surface area is 111 Å². The highest BCUT2D eigenvalue weighted by Gasteiger charge is 2.20. The molecule has 1 atom stereocenters. The first kappa shape index (κ1) is 13.2. The second kappa shape index (κ2) is 6.61. The van der Waals surface area contributed by atoms with Crippen LogP contribution in [0.4, 0.5) is 0 Å². The number of aromatic nitrogens is 1. The van der Waals surface area contributed by atoms with Crippen molar-refractivity contribution in [3.63, 3.8) is 0 Å². The van der Waals surface area contributed by atoms with Crippen LogP contribution in [-0.4, -0.2) is 42.1 Å². The Balaban J connectivity index is 1.88. The lowest BCUT2D eigenvalue weighted by Crippen LogP contribution is -2.48. The minimum Gasteiger partial charge on any atom is -0.481 e. The molecule has 0 aromatic carbocycles. The molecule has 0 aliphatic carbocycles. The molecule has 1 fully saturated rings. The van der Waals surface area contributed by atoms with Gasteiger partial charge in [-0.15, -0.1) is 0 Å². The third kappa shape index (κ3) is 3.36. The van der Waals surface area contributed by atoms with Crippen molar-refractivity contribution in [3.05, 3.63) is 23.9 Å². The van der Waals surface area contributed by atoms with Gasteiger partial charge >= 0.3 is 0 Å². The van der Waals surface area contributed by atoms with Crippen molar-refractivity contribution in [2.45, 2.75) is 12.6 Å². The zero-order valence-corrected chi connectivity index (χ0v) is 11.1. The maximum absolute atomic E-state index is 11.9. The van der Waals surface area contributed by atoms with Crippen LogP contribution < -0.4 is 15.4 Å². The summed E-state index contributed by atoms with van der Waals surface area (Å²) in [7, 11) is 1.58. The minimum atomic E-state index is -0.0913. The molecule has 2 rings (SSSR count). The standard InChI is InChI=1S/C12H17N3O2S/c1-17-12-9(3-2-4-14-12)7-15-11(16)10-8-18-6-5-13-10/h2-4,10,13H,5-8H2,1H3,(H,15,16). The number of methoxy groups -OCH3 is 1. The van der Waals surface area contributed by atoms with E-state index in [0.717, 1.165) is 23.6 Å². The normalized spacial score (nSPS) is 19.3. The predicted octanol–water partition coefficient (Wildman–Crippen LogP) is 0.411. The average molecular weight is 267 g/mol. The molecule has 6 heteroatoms. The van der Waals surface area contributed by atoms with Crippen LogP contribution in [0.2, 0.25) is 0 Å². The third-order valence-corrected chi connectivity index (χ3v) is 3.80. The molecule has 1 aromatic rings. The molecule has 0 radical (unpaired) electrons. The van der Waals surface area contributed by atoms with Gasteiger partial charge in [0.2, 0.25) is 11.8 Å². The predicted molar refractivity (Wildman–Crippen MR) is 71.8 cm³/mol. The first-order chi connectivity index (χ1) is 8.81. The number of ether oxygens (including phenoxy) is 1. The summed E-state index contributed by atoms with van der Waals surface area (Å²) in [6.07, 6.45) is 1.67. The Bertz CT molecular complexity index is 408. The highest BCUT2D eigenvalue weighted by atomic mass is 32.2. The summed E-state index contributed by atoms with van der Waals surface area (Å²) in [6, 6.07) is 3.64. The van der Waals surface area contributed by atoms with Gasteiger partial charge in [0.15, 0.2) is 0 Å². The highest BCUT2D eigenvalue weighted by Crippen LogP contribution is 2.13. The summed E-state index contributed by atoms with van der Waals surface area (Å²) in [5.74, 6) is 2.49. The quantitative estimate of drug-likeness (QED) is 0.827. The Kier molecular flexibility index (Phi) is 4.83. The topological polar surface area (TPSA) is 63.2 Å². The van der Waals surface area contributed by atoms with Gasteiger partial charge in [-0.1, -0.05) is 6.07 Å². The second-order valence-corrected chi connectivity index (χ2v) is 5.12. The third-order valence-electron chi connectivity index (χ3n) is 2.73. The number of carbonyl (C=O) groups is 1. The van der Waals surface area contributed by atoms with E-state index < -0.39 is 0 Å². The lowest BCUT2D eigenvalue weighted by atomic mass is 10.2. The lowest BCUT2D eigenvalue weighted by molar-refractivity contribution is -0.122. The van der Waals surface area contributed by atoms with Gasteiger partial charge < -0.3 is 15.4 Å². The molecule has 18 heavy (non-hydrogen) atoms. The molecule has 1 aliphatic rings. The van der Waals surface area contributed by atoms with Crippen LogP contribution in [0.1, 0.15) is 5.56 Å². The zero-order chi connectivity index (χ0) is 12.8. The van der Waals surface area contributed by atoms with Gasteiger partial charge in [-0.25, -0.2) is 4.98 Å². The van der Waals surface area contributed by atoms with E-state index >= 15 is 0 Å². The number of rotatable bonds is 4. The van der Waals surface area contributed by atoms with Gasteiger partial charge in [0, 0.05) is 36.4 Å². The smallest absolute Gasteiger partial charge is 0.238 e. The van der Waals surface area contributed by atoms with Crippen molar-refractivity contribution in [1.82, 2.24) is 15.6 Å². The van der Waals surface area contributed by atoms with Gasteiger partial charge in [0.1, 0.15) is 0 Å². The Morgan fingerprint density at radius 2 is 2.61 bits per heavy atom. The first-order valence-corrected chi connectivity index (χ1v) is 7.03. The van der Waals surface area contributed by atoms with Gasteiger partial charge in [-0.2, -0.15) is 11.8 Å². The summed E-state index contributed by atoms with van der Waals surface area (Å²) in [5.41, 5.74) is 0.886. The zero-order valence-electron chi connectivity index (χ0n) is 10.3. The van der Waals surface area contributed by atoms with E-state index in [1.54, 1.807) is 25.1 Å². The number of pyridine rings is 1. The monoisotopic (exact) mass is 267 g/mol. The molecule has 1 aliphatic heterocycles. The molecule has 5 nitrogen and oxygen atoms in total. The molecular weight excluding hydrogens is 250 g/mol. The van der Waals surface area contributed by atoms with E-state index in [0.29, 0.717) is 12.4 Å². The van der Waals surface area contributed by atoms with E-state index in [1.165, 1.54) is 0 Å². The fraction of sp³-hybridized carbons (Fsp3) is 0.500. The van der Waals surface area contributed by atoms with Crippen LogP contribution in [-0.2, 0) is 11.3 Å². The van der Waals surface area contributed by atoms with Gasteiger partial charge in [0.25, 0.3) is 0 Å². The molecule has 1 unspecified atom stereocenters. The van der Waals surface area contributed by atoms with Crippen LogP contribution in [0.5, 0.6) is 5.88 Å². The van der Waals surface area contributed by atoms with Crippen LogP contribution in [0.15, 0.2) is 18.3 Å². The Morgan fingerprint density at radius 1 is 1.72 bits per heavy atom. The fourth-order valence-electron chi connectivity index (χ4n) is 1.78. The lowest BCUT2D eigenvalue weighted by Gasteiger charge is -2.22. The molecule has 98 valence electrons. The van der Waals surface area contributed by atoms with E-state index in [-0.39, 0.29) is 11.9 Å². The SMILES string of the molecule is COc1ncccc1CNC(=O)C1CSCCN1. The molecule has 1 saturated heterocycles. The van der Waals surface area contributed by atoms with Crippen molar-refractivity contribution >= 4 is 17.7 Å². The Hall–Kier alpha value is -1.27. The van der Waals surface area contributed by atoms with Crippen molar-refractivity contribution in [2.75, 3.05) is 25.2 Å².